The molecule has 0 aliphatic carbocycles. The van der Waals surface area contributed by atoms with Crippen LogP contribution >= 0.6 is 11.6 Å². The topological polar surface area (TPSA) is 81.4 Å². The Kier molecular flexibility index (Phi) is 6.35. The van der Waals surface area contributed by atoms with Crippen LogP contribution in [-0.4, -0.2) is 27.7 Å². The molecular weight excluding hydrogens is 307 g/mol. The first-order valence-corrected chi connectivity index (χ1v) is 7.96. The number of nitrogens with two attached hydrogens (primary N) is 1. The van der Waals surface area contributed by atoms with E-state index in [-0.39, 0.29) is 23.7 Å². The normalized spacial score (nSPS) is 13.4. The monoisotopic (exact) mass is 324 g/mol. The van der Waals surface area contributed by atoms with E-state index in [1.165, 1.54) is 6.07 Å². The van der Waals surface area contributed by atoms with Crippen LogP contribution in [0.3, 0.4) is 0 Å². The Morgan fingerprint density at radius 3 is 2.70 bits per heavy atom. The van der Waals surface area contributed by atoms with E-state index in [4.69, 9.17) is 22.1 Å². The van der Waals surface area contributed by atoms with Crippen molar-refractivity contribution in [3.8, 4) is 0 Å². The predicted octanol–water partition coefficient (Wildman–Crippen LogP) is 1.64. The molecule has 1 aromatic carbocycles. The summed E-state index contributed by atoms with van der Waals surface area (Å²) in [7, 11) is -4.02. The minimum absolute atomic E-state index is 0.0512. The predicted molar refractivity (Wildman–Crippen MR) is 75.6 cm³/mol. The van der Waals surface area contributed by atoms with E-state index in [0.717, 1.165) is 6.07 Å². The van der Waals surface area contributed by atoms with Gasteiger partial charge in [-0.15, -0.1) is 0 Å². The van der Waals surface area contributed by atoms with Crippen molar-refractivity contribution in [1.29, 1.82) is 0 Å². The van der Waals surface area contributed by atoms with Gasteiger partial charge in [-0.2, -0.15) is 0 Å². The SMILES string of the molecule is CCOCC(C)NS(=O)(=O)c1cc(Cl)cc(CN)c1F. The lowest BCUT2D eigenvalue weighted by molar-refractivity contribution is 0.133. The van der Waals surface area contributed by atoms with Gasteiger partial charge in [0.1, 0.15) is 10.7 Å². The number of sulfonamides is 1. The van der Waals surface area contributed by atoms with Gasteiger partial charge in [-0.05, 0) is 26.0 Å². The van der Waals surface area contributed by atoms with Crippen molar-refractivity contribution in [2.24, 2.45) is 5.73 Å². The number of rotatable bonds is 7. The lowest BCUT2D eigenvalue weighted by Gasteiger charge is -2.15. The molecule has 20 heavy (non-hydrogen) atoms. The van der Waals surface area contributed by atoms with Crippen LogP contribution in [0, 0.1) is 5.82 Å². The molecule has 5 nitrogen and oxygen atoms in total. The molecule has 8 heteroatoms. The van der Waals surface area contributed by atoms with Crippen LogP contribution in [0.2, 0.25) is 5.02 Å². The summed E-state index contributed by atoms with van der Waals surface area (Å²) in [4.78, 5) is -0.506. The molecule has 1 unspecified atom stereocenters. The van der Waals surface area contributed by atoms with Gasteiger partial charge in [-0.25, -0.2) is 17.5 Å². The van der Waals surface area contributed by atoms with Gasteiger partial charge >= 0.3 is 0 Å². The van der Waals surface area contributed by atoms with Gasteiger partial charge in [-0.3, -0.25) is 0 Å². The molecule has 0 bridgehead atoms. The highest BCUT2D eigenvalue weighted by Crippen LogP contribution is 2.23. The van der Waals surface area contributed by atoms with E-state index in [9.17, 15) is 12.8 Å². The Labute approximate surface area is 123 Å². The average Bonchev–Trinajstić information content (AvgIpc) is 2.37. The largest absolute Gasteiger partial charge is 0.380 e. The number of benzene rings is 1. The summed E-state index contributed by atoms with van der Waals surface area (Å²) in [5.41, 5.74) is 5.42. The zero-order valence-electron chi connectivity index (χ0n) is 11.3. The van der Waals surface area contributed by atoms with Crippen LogP contribution in [0.4, 0.5) is 4.39 Å². The maximum atomic E-state index is 14.1. The molecule has 0 aliphatic rings. The van der Waals surface area contributed by atoms with Crippen LogP contribution in [0.1, 0.15) is 19.4 Å². The zero-order chi connectivity index (χ0) is 15.3. The van der Waals surface area contributed by atoms with Gasteiger partial charge in [0.25, 0.3) is 0 Å². The average molecular weight is 325 g/mol. The smallest absolute Gasteiger partial charge is 0.243 e. The summed E-state index contributed by atoms with van der Waals surface area (Å²) in [6.07, 6.45) is 0. The van der Waals surface area contributed by atoms with Gasteiger partial charge in [0.2, 0.25) is 10.0 Å². The molecule has 114 valence electrons. The zero-order valence-corrected chi connectivity index (χ0v) is 12.9. The second kappa shape index (κ2) is 7.33. The van der Waals surface area contributed by atoms with Gasteiger partial charge in [0, 0.05) is 29.8 Å². The van der Waals surface area contributed by atoms with E-state index < -0.39 is 26.8 Å². The number of halogens is 2. The fraction of sp³-hybridized carbons (Fsp3) is 0.500. The first-order valence-electron chi connectivity index (χ1n) is 6.09. The Balaban J connectivity index is 3.06. The van der Waals surface area contributed by atoms with E-state index >= 15 is 0 Å². The van der Waals surface area contributed by atoms with Crippen molar-refractivity contribution >= 4 is 21.6 Å². The Hall–Kier alpha value is -0.730. The Morgan fingerprint density at radius 1 is 1.50 bits per heavy atom. The molecule has 0 saturated heterocycles. The molecule has 0 aliphatic heterocycles. The van der Waals surface area contributed by atoms with Crippen molar-refractivity contribution in [2.45, 2.75) is 31.3 Å². The van der Waals surface area contributed by atoms with E-state index in [2.05, 4.69) is 4.72 Å². The highest BCUT2D eigenvalue weighted by molar-refractivity contribution is 7.89. The molecule has 0 aromatic heterocycles. The van der Waals surface area contributed by atoms with Crippen molar-refractivity contribution in [1.82, 2.24) is 4.72 Å². The van der Waals surface area contributed by atoms with Crippen LogP contribution in [-0.2, 0) is 21.3 Å². The number of hydrogen-bond donors (Lipinski definition) is 2. The fourth-order valence-corrected chi connectivity index (χ4v) is 3.30. The number of nitrogens with one attached hydrogen (secondary N) is 1. The third kappa shape index (κ3) is 4.39. The molecule has 3 N–H and O–H groups in total. The van der Waals surface area contributed by atoms with Crippen LogP contribution in [0.5, 0.6) is 0 Å². The Morgan fingerprint density at radius 2 is 2.15 bits per heavy atom. The van der Waals surface area contributed by atoms with Crippen molar-refractivity contribution in [3.05, 3.63) is 28.5 Å². The minimum Gasteiger partial charge on any atom is -0.380 e. The molecule has 1 atom stereocenters. The van der Waals surface area contributed by atoms with Gasteiger partial charge in [0.05, 0.1) is 6.61 Å². The third-order valence-electron chi connectivity index (χ3n) is 2.52. The molecule has 1 aromatic rings. The summed E-state index contributed by atoms with van der Waals surface area (Å²) in [6.45, 7) is 3.95. The Bertz CT molecular complexity index is 566. The summed E-state index contributed by atoms with van der Waals surface area (Å²) < 4.78 is 45.8. The summed E-state index contributed by atoms with van der Waals surface area (Å²) in [6, 6.07) is 1.88. The quantitative estimate of drug-likeness (QED) is 0.799. The molecule has 0 fully saturated rings. The standard InChI is InChI=1S/C12H18ClFN2O3S/c1-3-19-7-8(2)16-20(17,18)11-5-10(13)4-9(6-15)12(11)14/h4-5,8,16H,3,6-7,15H2,1-2H3. The molecule has 0 amide bonds. The van der Waals surface area contributed by atoms with E-state index in [0.29, 0.717) is 6.61 Å². The maximum Gasteiger partial charge on any atom is 0.243 e. The van der Waals surface area contributed by atoms with Crippen LogP contribution in [0.25, 0.3) is 0 Å². The molecule has 1 rings (SSSR count). The third-order valence-corrected chi connectivity index (χ3v) is 4.32. The first kappa shape index (κ1) is 17.3. The van der Waals surface area contributed by atoms with Gasteiger partial charge < -0.3 is 10.5 Å². The maximum absolute atomic E-state index is 14.1. The first-order chi connectivity index (χ1) is 9.31. The number of ether oxygens (including phenoxy) is 1. The summed E-state index contributed by atoms with van der Waals surface area (Å²) >= 11 is 5.79. The summed E-state index contributed by atoms with van der Waals surface area (Å²) in [5, 5.41) is 0.115. The lowest BCUT2D eigenvalue weighted by atomic mass is 10.2. The van der Waals surface area contributed by atoms with E-state index in [1.54, 1.807) is 13.8 Å². The fourth-order valence-electron chi connectivity index (χ4n) is 1.62. The van der Waals surface area contributed by atoms with Gasteiger partial charge in [0.15, 0.2) is 0 Å². The van der Waals surface area contributed by atoms with Crippen molar-refractivity contribution < 1.29 is 17.5 Å². The minimum atomic E-state index is -4.02. The summed E-state index contributed by atoms with van der Waals surface area (Å²) in [5.74, 6) is -0.881. The highest BCUT2D eigenvalue weighted by Gasteiger charge is 2.23. The van der Waals surface area contributed by atoms with Crippen molar-refractivity contribution in [2.75, 3.05) is 13.2 Å². The number of hydrogen-bond acceptors (Lipinski definition) is 4. The molecule has 0 saturated carbocycles. The van der Waals surface area contributed by atoms with Gasteiger partial charge in [-0.1, -0.05) is 11.6 Å². The molecule has 0 spiro atoms. The molecule has 0 heterocycles. The molecule has 0 radical (unpaired) electrons. The van der Waals surface area contributed by atoms with E-state index in [1.807, 2.05) is 0 Å². The van der Waals surface area contributed by atoms with Crippen LogP contribution in [0.15, 0.2) is 17.0 Å². The highest BCUT2D eigenvalue weighted by atomic mass is 35.5. The van der Waals surface area contributed by atoms with Crippen LogP contribution < -0.4 is 10.5 Å². The molecular formula is C12H18ClFN2O3S. The second-order valence-corrected chi connectivity index (χ2v) is 6.38. The van der Waals surface area contributed by atoms with Crippen molar-refractivity contribution in [3.63, 3.8) is 0 Å². The second-order valence-electron chi connectivity index (χ2n) is 4.26. The lowest BCUT2D eigenvalue weighted by Crippen LogP contribution is -2.36.